The van der Waals surface area contributed by atoms with Crippen LogP contribution in [0.5, 0.6) is 0 Å². The summed E-state index contributed by atoms with van der Waals surface area (Å²) in [5.74, 6) is 0. The molecule has 0 aliphatic heterocycles. The minimum Gasteiger partial charge on any atom is -0.0979 e. The summed E-state index contributed by atoms with van der Waals surface area (Å²) in [7, 11) is 7.09. The van der Waals surface area contributed by atoms with Gasteiger partial charge in [-0.3, -0.25) is 0 Å². The molecule has 0 N–H and O–H groups in total. The first-order valence-electron chi connectivity index (χ1n) is 5.38. The van der Waals surface area contributed by atoms with Gasteiger partial charge in [-0.15, -0.1) is 0 Å². The Balaban J connectivity index is -0.0000000289. The molecule has 0 aliphatic rings. The van der Waals surface area contributed by atoms with Crippen LogP contribution in [0.25, 0.3) is 0 Å². The number of hydrogen-bond acceptors (Lipinski definition) is 4. The lowest BCUT2D eigenvalue weighted by Gasteiger charge is -1.69. The summed E-state index contributed by atoms with van der Waals surface area (Å²) in [5, 5.41) is 0. The van der Waals surface area contributed by atoms with Crippen LogP contribution in [-0.2, 0) is 0 Å². The van der Waals surface area contributed by atoms with Gasteiger partial charge >= 0.3 is 0 Å². The molecule has 0 aromatic carbocycles. The summed E-state index contributed by atoms with van der Waals surface area (Å²) in [6.45, 7) is 12.2. The van der Waals surface area contributed by atoms with Crippen molar-refractivity contribution in [2.45, 2.75) is 48.0 Å². The van der Waals surface area contributed by atoms with E-state index in [4.69, 9.17) is 0 Å². The smallest absolute Gasteiger partial charge is 0.00793 e. The van der Waals surface area contributed by atoms with Gasteiger partial charge in [-0.2, -0.15) is 0 Å². The van der Waals surface area contributed by atoms with Gasteiger partial charge in [0.25, 0.3) is 0 Å². The summed E-state index contributed by atoms with van der Waals surface area (Å²) in [6.07, 6.45) is 9.49. The molecule has 0 aliphatic carbocycles. The van der Waals surface area contributed by atoms with Crippen molar-refractivity contribution in [3.63, 3.8) is 0 Å². The van der Waals surface area contributed by atoms with Gasteiger partial charge < -0.3 is 0 Å². The van der Waals surface area contributed by atoms with Crippen molar-refractivity contribution >= 4 is 43.2 Å². The van der Waals surface area contributed by atoms with Crippen LogP contribution in [0.2, 0.25) is 0 Å². The van der Waals surface area contributed by atoms with Crippen molar-refractivity contribution in [3.8, 4) is 0 Å². The molecule has 0 saturated carbocycles. The minimum absolute atomic E-state index is 1.25. The van der Waals surface area contributed by atoms with Crippen molar-refractivity contribution in [1.29, 1.82) is 0 Å². The summed E-state index contributed by atoms with van der Waals surface area (Å²) in [4.78, 5) is 0. The zero-order chi connectivity index (χ0) is 13.5. The second kappa shape index (κ2) is 78.0. The Hall–Kier alpha value is 1.40. The predicted octanol–water partition coefficient (Wildman–Crippen LogP) is 6.72. The van der Waals surface area contributed by atoms with Crippen molar-refractivity contribution in [1.82, 2.24) is 0 Å². The van der Waals surface area contributed by atoms with E-state index in [1.165, 1.54) is 6.42 Å². The van der Waals surface area contributed by atoms with E-state index in [0.717, 1.165) is 0 Å². The van der Waals surface area contributed by atoms with Crippen LogP contribution in [-0.4, -0.2) is 25.0 Å². The summed E-state index contributed by atoms with van der Waals surface area (Å²) in [6, 6.07) is 0. The second-order valence-corrected chi connectivity index (χ2v) is 6.71. The largest absolute Gasteiger partial charge is 0.0979 e. The highest BCUT2D eigenvalue weighted by Crippen LogP contribution is 2.09. The zero-order valence-electron chi connectivity index (χ0n) is 12.3. The monoisotopic (exact) mass is 292 g/mol. The molecule has 0 heterocycles. The van der Waals surface area contributed by atoms with E-state index < -0.39 is 0 Å². The quantitative estimate of drug-likeness (QED) is 0.518. The molecule has 0 aromatic rings. The van der Waals surface area contributed by atoms with Gasteiger partial charge in [0.1, 0.15) is 0 Å². The van der Waals surface area contributed by atoms with E-state index in [1.54, 1.807) is 43.2 Å². The normalized spacial score (nSPS) is 6.00. The van der Waals surface area contributed by atoms with Gasteiger partial charge in [0, 0.05) is 0 Å². The maximum absolute atomic E-state index is 2.12. The third-order valence-corrected chi connectivity index (χ3v) is 3.00. The first kappa shape index (κ1) is 29.9. The van der Waals surface area contributed by atoms with Gasteiger partial charge in [-0.1, -0.05) is 91.1 Å². The van der Waals surface area contributed by atoms with Crippen LogP contribution in [0, 0.1) is 0 Å². The molecule has 0 rings (SSSR count). The van der Waals surface area contributed by atoms with E-state index in [2.05, 4.69) is 38.9 Å². The molecule has 0 spiro atoms. The van der Waals surface area contributed by atoms with Crippen LogP contribution in [0.1, 0.15) is 48.0 Å². The maximum Gasteiger partial charge on any atom is -0.00793 e. The Bertz CT molecular complexity index is 27.8. The molecular weight excluding hydrogens is 260 g/mol. The van der Waals surface area contributed by atoms with Crippen molar-refractivity contribution in [3.05, 3.63) is 0 Å². The Kier molecular flexibility index (Phi) is 156. The molecule has 0 fully saturated rings. The molecule has 0 nitrogen and oxygen atoms in total. The number of rotatable bonds is 2. The lowest BCUT2D eigenvalue weighted by molar-refractivity contribution is 1.09. The number of hydrogen-bond donors (Lipinski definition) is 0. The van der Waals surface area contributed by atoms with E-state index in [-0.39, 0.29) is 0 Å². The fraction of sp³-hybridized carbons (Fsp3) is 1.00. The van der Waals surface area contributed by atoms with Gasteiger partial charge in [0.2, 0.25) is 0 Å². The summed E-state index contributed by atoms with van der Waals surface area (Å²) < 4.78 is 0. The SMILES string of the molecule is CC.CC.CCC.CSSC.CSSC. The highest BCUT2D eigenvalue weighted by molar-refractivity contribution is 8.76. The highest BCUT2D eigenvalue weighted by atomic mass is 33.1. The molecule has 15 heavy (non-hydrogen) atoms. The van der Waals surface area contributed by atoms with Crippen molar-refractivity contribution in [2.75, 3.05) is 25.0 Å². The van der Waals surface area contributed by atoms with E-state index in [1.807, 2.05) is 27.7 Å². The molecule has 0 unspecified atom stereocenters. The molecule has 0 bridgehead atoms. The Labute approximate surface area is 116 Å². The third kappa shape index (κ3) is 239. The maximum atomic E-state index is 2.12. The zero-order valence-corrected chi connectivity index (χ0v) is 15.6. The van der Waals surface area contributed by atoms with Gasteiger partial charge in [0.15, 0.2) is 0 Å². The molecular formula is C11H32S4. The lowest BCUT2D eigenvalue weighted by Crippen LogP contribution is -1.28. The fourth-order valence-corrected chi connectivity index (χ4v) is 0. The first-order chi connectivity index (χ1) is 7.24. The Morgan fingerprint density at radius 3 is 0.600 bits per heavy atom. The van der Waals surface area contributed by atoms with Crippen LogP contribution in [0.3, 0.4) is 0 Å². The first-order valence-corrected chi connectivity index (χ1v) is 11.3. The molecule has 0 atom stereocenters. The molecule has 4 heteroatoms. The standard InChI is InChI=1S/C3H8.2C2H6S2.2C2H6/c1-3-2;2*1-3-4-2;2*1-2/h3H2,1-2H3;2*1-2H3;2*1-2H3. The summed E-state index contributed by atoms with van der Waals surface area (Å²) in [5.41, 5.74) is 0. The predicted molar refractivity (Wildman–Crippen MR) is 92.7 cm³/mol. The molecule has 0 radical (unpaired) electrons. The van der Waals surface area contributed by atoms with Crippen LogP contribution >= 0.6 is 43.2 Å². The third-order valence-electron chi connectivity index (χ3n) is 0.333. The van der Waals surface area contributed by atoms with E-state index in [0.29, 0.717) is 0 Å². The molecule has 0 aromatic heterocycles. The molecule has 0 saturated heterocycles. The Morgan fingerprint density at radius 2 is 0.600 bits per heavy atom. The van der Waals surface area contributed by atoms with Gasteiger partial charge in [-0.05, 0) is 25.0 Å². The van der Waals surface area contributed by atoms with Crippen LogP contribution in [0.4, 0.5) is 0 Å². The highest BCUT2D eigenvalue weighted by Gasteiger charge is 1.55. The van der Waals surface area contributed by atoms with Crippen molar-refractivity contribution < 1.29 is 0 Å². The Morgan fingerprint density at radius 1 is 0.533 bits per heavy atom. The average molecular weight is 293 g/mol. The lowest BCUT2D eigenvalue weighted by atomic mass is 10.6. The second-order valence-electron chi connectivity index (χ2n) is 1.37. The van der Waals surface area contributed by atoms with E-state index >= 15 is 0 Å². The average Bonchev–Trinajstić information content (AvgIpc) is 2.35. The van der Waals surface area contributed by atoms with Gasteiger partial charge in [-0.25, -0.2) is 0 Å². The van der Waals surface area contributed by atoms with Crippen LogP contribution in [0.15, 0.2) is 0 Å². The van der Waals surface area contributed by atoms with Crippen molar-refractivity contribution in [2.24, 2.45) is 0 Å². The summed E-state index contributed by atoms with van der Waals surface area (Å²) >= 11 is 0. The minimum atomic E-state index is 1.25. The molecule has 100 valence electrons. The van der Waals surface area contributed by atoms with Crippen LogP contribution < -0.4 is 0 Å². The van der Waals surface area contributed by atoms with Gasteiger partial charge in [0.05, 0.1) is 0 Å². The molecule has 0 amide bonds. The van der Waals surface area contributed by atoms with E-state index in [9.17, 15) is 0 Å². The fourth-order valence-electron chi connectivity index (χ4n) is 0. The topological polar surface area (TPSA) is 0 Å².